The monoisotopic (exact) mass is 349 g/mol. The molecule has 0 amide bonds. The van der Waals surface area contributed by atoms with Crippen molar-refractivity contribution in [2.75, 3.05) is 4.72 Å². The van der Waals surface area contributed by atoms with E-state index >= 15 is 0 Å². The maximum Gasteiger partial charge on any atom is 0.262 e. The van der Waals surface area contributed by atoms with Gasteiger partial charge in [-0.1, -0.05) is 0 Å². The van der Waals surface area contributed by atoms with E-state index in [0.717, 1.165) is 24.7 Å². The van der Waals surface area contributed by atoms with Gasteiger partial charge in [-0.15, -0.1) is 0 Å². The molecule has 0 heterocycles. The molecule has 1 fully saturated rings. The van der Waals surface area contributed by atoms with Gasteiger partial charge in [-0.3, -0.25) is 4.72 Å². The van der Waals surface area contributed by atoms with Gasteiger partial charge < -0.3 is 4.74 Å². The standard InChI is InChI=1S/C18H20FNO3S/c1-13-12-14(19)6-11-18(13)24(21,22)20-15-7-9-17(10-8-15)23-16-4-2-3-5-16/h6-12,16,20H,2-5H2,1H3. The molecular weight excluding hydrogens is 329 g/mol. The van der Waals surface area contributed by atoms with Crippen molar-refractivity contribution in [2.45, 2.75) is 43.6 Å². The smallest absolute Gasteiger partial charge is 0.262 e. The van der Waals surface area contributed by atoms with Gasteiger partial charge in [0.1, 0.15) is 11.6 Å². The van der Waals surface area contributed by atoms with Crippen molar-refractivity contribution in [1.82, 2.24) is 0 Å². The van der Waals surface area contributed by atoms with E-state index < -0.39 is 15.8 Å². The van der Waals surface area contributed by atoms with Gasteiger partial charge in [0.05, 0.1) is 11.0 Å². The Morgan fingerprint density at radius 1 is 1.08 bits per heavy atom. The number of benzene rings is 2. The Labute approximate surface area is 141 Å². The van der Waals surface area contributed by atoms with Crippen LogP contribution in [-0.2, 0) is 10.0 Å². The van der Waals surface area contributed by atoms with E-state index in [0.29, 0.717) is 11.3 Å². The molecule has 0 aromatic heterocycles. The summed E-state index contributed by atoms with van der Waals surface area (Å²) in [6.45, 7) is 1.57. The maximum atomic E-state index is 13.1. The van der Waals surface area contributed by atoms with Crippen molar-refractivity contribution in [1.29, 1.82) is 0 Å². The summed E-state index contributed by atoms with van der Waals surface area (Å²) >= 11 is 0. The van der Waals surface area contributed by atoms with Gasteiger partial charge in [-0.25, -0.2) is 12.8 Å². The molecule has 3 rings (SSSR count). The predicted molar refractivity (Wildman–Crippen MR) is 91.3 cm³/mol. The summed E-state index contributed by atoms with van der Waals surface area (Å²) < 4.78 is 46.4. The molecule has 1 N–H and O–H groups in total. The van der Waals surface area contributed by atoms with Crippen molar-refractivity contribution < 1.29 is 17.5 Å². The lowest BCUT2D eigenvalue weighted by atomic mass is 10.2. The molecule has 2 aromatic carbocycles. The number of hydrogen-bond acceptors (Lipinski definition) is 3. The minimum Gasteiger partial charge on any atom is -0.490 e. The van der Waals surface area contributed by atoms with E-state index in [1.165, 1.54) is 25.0 Å². The second kappa shape index (κ2) is 6.81. The molecule has 0 spiro atoms. The van der Waals surface area contributed by atoms with Crippen molar-refractivity contribution in [3.8, 4) is 5.75 Å². The summed E-state index contributed by atoms with van der Waals surface area (Å²) in [6, 6.07) is 10.5. The maximum absolute atomic E-state index is 13.1. The fourth-order valence-electron chi connectivity index (χ4n) is 2.92. The molecule has 0 atom stereocenters. The highest BCUT2D eigenvalue weighted by molar-refractivity contribution is 7.92. The van der Waals surface area contributed by atoms with E-state index in [2.05, 4.69) is 4.72 Å². The van der Waals surface area contributed by atoms with Crippen molar-refractivity contribution in [3.63, 3.8) is 0 Å². The molecular formula is C18H20FNO3S. The first-order chi connectivity index (χ1) is 11.4. The highest BCUT2D eigenvalue weighted by Gasteiger charge is 2.18. The largest absolute Gasteiger partial charge is 0.490 e. The molecule has 24 heavy (non-hydrogen) atoms. The first-order valence-corrected chi connectivity index (χ1v) is 9.48. The second-order valence-corrected chi connectivity index (χ2v) is 7.71. The Kier molecular flexibility index (Phi) is 4.76. The first kappa shape index (κ1) is 16.8. The quantitative estimate of drug-likeness (QED) is 0.878. The molecule has 0 aliphatic heterocycles. The molecule has 0 saturated heterocycles. The van der Waals surface area contributed by atoms with E-state index in [1.54, 1.807) is 31.2 Å². The summed E-state index contributed by atoms with van der Waals surface area (Å²) in [6.07, 6.45) is 4.78. The fourth-order valence-corrected chi connectivity index (χ4v) is 4.21. The Bertz CT molecular complexity index is 813. The van der Waals surface area contributed by atoms with Crippen LogP contribution in [0.2, 0.25) is 0 Å². The minimum absolute atomic E-state index is 0.0650. The van der Waals surface area contributed by atoms with Crippen LogP contribution in [0.5, 0.6) is 5.75 Å². The number of halogens is 1. The lowest BCUT2D eigenvalue weighted by Gasteiger charge is -2.14. The van der Waals surface area contributed by atoms with E-state index in [9.17, 15) is 12.8 Å². The summed E-state index contributed by atoms with van der Waals surface area (Å²) in [5.41, 5.74) is 0.807. The Hall–Kier alpha value is -2.08. The third kappa shape index (κ3) is 3.87. The second-order valence-electron chi connectivity index (χ2n) is 6.06. The topological polar surface area (TPSA) is 55.4 Å². The molecule has 1 saturated carbocycles. The normalized spacial score (nSPS) is 15.4. The molecule has 2 aromatic rings. The molecule has 0 bridgehead atoms. The molecule has 0 radical (unpaired) electrons. The Morgan fingerprint density at radius 2 is 1.75 bits per heavy atom. The van der Waals surface area contributed by atoms with Crippen LogP contribution in [0.3, 0.4) is 0 Å². The Morgan fingerprint density at radius 3 is 2.38 bits per heavy atom. The van der Waals surface area contributed by atoms with Gasteiger partial charge in [0.25, 0.3) is 10.0 Å². The average molecular weight is 349 g/mol. The third-order valence-electron chi connectivity index (χ3n) is 4.14. The zero-order valence-electron chi connectivity index (χ0n) is 13.5. The summed E-state index contributed by atoms with van der Waals surface area (Å²) in [5.74, 6) is 0.280. The summed E-state index contributed by atoms with van der Waals surface area (Å²) in [4.78, 5) is 0.0650. The molecule has 128 valence electrons. The van der Waals surface area contributed by atoms with Gasteiger partial charge >= 0.3 is 0 Å². The molecule has 4 nitrogen and oxygen atoms in total. The summed E-state index contributed by atoms with van der Waals surface area (Å²) in [7, 11) is -3.75. The SMILES string of the molecule is Cc1cc(F)ccc1S(=O)(=O)Nc1ccc(OC2CCCC2)cc1. The molecule has 0 unspecified atom stereocenters. The summed E-state index contributed by atoms with van der Waals surface area (Å²) in [5, 5.41) is 0. The van der Waals surface area contributed by atoms with Crippen LogP contribution >= 0.6 is 0 Å². The highest BCUT2D eigenvalue weighted by Crippen LogP contribution is 2.26. The van der Waals surface area contributed by atoms with Crippen molar-refractivity contribution in [2.24, 2.45) is 0 Å². The highest BCUT2D eigenvalue weighted by atomic mass is 32.2. The zero-order chi connectivity index (χ0) is 17.2. The van der Waals surface area contributed by atoms with Crippen LogP contribution < -0.4 is 9.46 Å². The van der Waals surface area contributed by atoms with Gasteiger partial charge in [0.2, 0.25) is 0 Å². The number of aryl methyl sites for hydroxylation is 1. The number of nitrogens with one attached hydrogen (secondary N) is 1. The van der Waals surface area contributed by atoms with E-state index in [4.69, 9.17) is 4.74 Å². The van der Waals surface area contributed by atoms with Crippen LogP contribution in [0, 0.1) is 12.7 Å². The third-order valence-corrected chi connectivity index (χ3v) is 5.68. The number of rotatable bonds is 5. The van der Waals surface area contributed by atoms with Crippen LogP contribution in [-0.4, -0.2) is 14.5 Å². The van der Waals surface area contributed by atoms with Crippen LogP contribution in [0.4, 0.5) is 10.1 Å². The fraction of sp³-hybridized carbons (Fsp3) is 0.333. The molecule has 6 heteroatoms. The minimum atomic E-state index is -3.75. The lowest BCUT2D eigenvalue weighted by Crippen LogP contribution is -2.14. The van der Waals surface area contributed by atoms with E-state index in [1.807, 2.05) is 0 Å². The predicted octanol–water partition coefficient (Wildman–Crippen LogP) is 4.26. The van der Waals surface area contributed by atoms with Crippen LogP contribution in [0.25, 0.3) is 0 Å². The van der Waals surface area contributed by atoms with Gasteiger partial charge in [-0.2, -0.15) is 0 Å². The van der Waals surface area contributed by atoms with Crippen LogP contribution in [0.1, 0.15) is 31.2 Å². The lowest BCUT2D eigenvalue weighted by molar-refractivity contribution is 0.210. The zero-order valence-corrected chi connectivity index (χ0v) is 14.3. The van der Waals surface area contributed by atoms with Crippen molar-refractivity contribution in [3.05, 3.63) is 53.8 Å². The van der Waals surface area contributed by atoms with E-state index in [-0.39, 0.29) is 11.0 Å². The number of anilines is 1. The van der Waals surface area contributed by atoms with Gasteiger partial charge in [0, 0.05) is 5.69 Å². The van der Waals surface area contributed by atoms with Gasteiger partial charge in [0.15, 0.2) is 0 Å². The molecule has 1 aliphatic rings. The first-order valence-electron chi connectivity index (χ1n) is 8.00. The van der Waals surface area contributed by atoms with Crippen LogP contribution in [0.15, 0.2) is 47.4 Å². The number of ether oxygens (including phenoxy) is 1. The molecule has 1 aliphatic carbocycles. The number of sulfonamides is 1. The van der Waals surface area contributed by atoms with Crippen molar-refractivity contribution >= 4 is 15.7 Å². The average Bonchev–Trinajstić information content (AvgIpc) is 3.01. The Balaban J connectivity index is 1.72. The van der Waals surface area contributed by atoms with Gasteiger partial charge in [-0.05, 0) is 80.6 Å². The number of hydrogen-bond donors (Lipinski definition) is 1.